The van der Waals surface area contributed by atoms with Crippen LogP contribution >= 0.6 is 0 Å². The Balaban J connectivity index is 1.87. The number of rotatable bonds is 2. The zero-order chi connectivity index (χ0) is 16.6. The number of H-pyrrole nitrogens is 1. The smallest absolute Gasteiger partial charge is 0.254 e. The summed E-state index contributed by atoms with van der Waals surface area (Å²) in [6, 6.07) is 6.82. The van der Waals surface area contributed by atoms with E-state index in [1.807, 2.05) is 26.8 Å². The van der Waals surface area contributed by atoms with Crippen LogP contribution < -0.4 is 5.56 Å². The molecule has 1 aromatic carbocycles. The van der Waals surface area contributed by atoms with Crippen molar-refractivity contribution < 1.29 is 4.39 Å². The van der Waals surface area contributed by atoms with Crippen molar-refractivity contribution in [1.29, 1.82) is 0 Å². The number of hydrogen-bond donors (Lipinski definition) is 1. The van der Waals surface area contributed by atoms with E-state index in [-0.39, 0.29) is 16.8 Å². The van der Waals surface area contributed by atoms with Crippen molar-refractivity contribution in [3.8, 4) is 0 Å². The van der Waals surface area contributed by atoms with Gasteiger partial charge in [0.1, 0.15) is 11.6 Å². The van der Waals surface area contributed by atoms with E-state index in [9.17, 15) is 9.18 Å². The highest BCUT2D eigenvalue weighted by molar-refractivity contribution is 5.24. The normalized spacial score (nSPS) is 15.5. The Hall–Kier alpha value is -2.01. The minimum Gasteiger partial charge on any atom is -0.310 e. The van der Waals surface area contributed by atoms with Crippen LogP contribution in [0.2, 0.25) is 0 Å². The van der Waals surface area contributed by atoms with Crippen LogP contribution in [0.15, 0.2) is 29.1 Å². The fourth-order valence-electron chi connectivity index (χ4n) is 2.85. The summed E-state index contributed by atoms with van der Waals surface area (Å²) in [5, 5.41) is 0. The van der Waals surface area contributed by atoms with Crippen molar-refractivity contribution in [3.63, 3.8) is 0 Å². The van der Waals surface area contributed by atoms with Gasteiger partial charge in [-0.2, -0.15) is 0 Å². The van der Waals surface area contributed by atoms with Crippen LogP contribution in [0.3, 0.4) is 0 Å². The van der Waals surface area contributed by atoms with Crippen molar-refractivity contribution in [3.05, 3.63) is 63.1 Å². The Kier molecular flexibility index (Phi) is 4.06. The second-order valence-corrected chi connectivity index (χ2v) is 7.14. The lowest BCUT2D eigenvalue weighted by Crippen LogP contribution is -2.36. The number of fused-ring (bicyclic) bond motifs is 1. The fourth-order valence-corrected chi connectivity index (χ4v) is 2.85. The number of nitrogens with one attached hydrogen (secondary N) is 1. The average molecular weight is 315 g/mol. The summed E-state index contributed by atoms with van der Waals surface area (Å²) >= 11 is 0. The van der Waals surface area contributed by atoms with Gasteiger partial charge in [0.25, 0.3) is 5.56 Å². The van der Waals surface area contributed by atoms with Crippen LogP contribution in [-0.4, -0.2) is 21.4 Å². The first kappa shape index (κ1) is 15.9. The number of halogens is 1. The van der Waals surface area contributed by atoms with Crippen LogP contribution in [0.5, 0.6) is 0 Å². The van der Waals surface area contributed by atoms with E-state index in [1.165, 1.54) is 6.07 Å². The summed E-state index contributed by atoms with van der Waals surface area (Å²) in [4.78, 5) is 22.0. The van der Waals surface area contributed by atoms with E-state index in [2.05, 4.69) is 14.9 Å². The highest BCUT2D eigenvalue weighted by atomic mass is 19.1. The molecule has 2 heterocycles. The molecule has 5 heteroatoms. The van der Waals surface area contributed by atoms with Crippen molar-refractivity contribution in [1.82, 2.24) is 14.9 Å². The molecule has 1 aliphatic rings. The van der Waals surface area contributed by atoms with Gasteiger partial charge in [-0.15, -0.1) is 0 Å². The lowest BCUT2D eigenvalue weighted by atomic mass is 9.95. The third-order valence-electron chi connectivity index (χ3n) is 4.21. The predicted octanol–water partition coefficient (Wildman–Crippen LogP) is 2.76. The van der Waals surface area contributed by atoms with Gasteiger partial charge in [0, 0.05) is 36.2 Å². The molecular formula is C18H22FN3O. The molecule has 0 bridgehead atoms. The first-order valence-corrected chi connectivity index (χ1v) is 7.93. The Bertz CT molecular complexity index is 777. The summed E-state index contributed by atoms with van der Waals surface area (Å²) in [5.74, 6) is 0.515. The van der Waals surface area contributed by atoms with Crippen LogP contribution in [0.4, 0.5) is 4.39 Å². The molecule has 1 aliphatic heterocycles. The molecule has 1 aromatic heterocycles. The molecule has 0 radical (unpaired) electrons. The maximum absolute atomic E-state index is 13.8. The van der Waals surface area contributed by atoms with Gasteiger partial charge in [0.05, 0.1) is 5.69 Å². The Morgan fingerprint density at radius 3 is 2.74 bits per heavy atom. The Labute approximate surface area is 135 Å². The highest BCUT2D eigenvalue weighted by Crippen LogP contribution is 2.21. The fraction of sp³-hybridized carbons (Fsp3) is 0.444. The van der Waals surface area contributed by atoms with Gasteiger partial charge < -0.3 is 4.98 Å². The van der Waals surface area contributed by atoms with Crippen LogP contribution in [0.25, 0.3) is 0 Å². The minimum atomic E-state index is -0.206. The van der Waals surface area contributed by atoms with Crippen LogP contribution in [0.1, 0.15) is 43.4 Å². The number of nitrogens with zero attached hydrogens (tertiary/aromatic N) is 2. The topological polar surface area (TPSA) is 49.0 Å². The maximum Gasteiger partial charge on any atom is 0.254 e. The molecule has 0 saturated carbocycles. The van der Waals surface area contributed by atoms with E-state index in [1.54, 1.807) is 12.1 Å². The molecular weight excluding hydrogens is 293 g/mol. The summed E-state index contributed by atoms with van der Waals surface area (Å²) in [5.41, 5.74) is 2.02. The van der Waals surface area contributed by atoms with E-state index in [0.29, 0.717) is 30.9 Å². The second-order valence-electron chi connectivity index (χ2n) is 7.14. The van der Waals surface area contributed by atoms with Gasteiger partial charge in [-0.05, 0) is 12.5 Å². The molecule has 1 N–H and O–H groups in total. The van der Waals surface area contributed by atoms with Crippen LogP contribution in [0, 0.1) is 5.82 Å². The summed E-state index contributed by atoms with van der Waals surface area (Å²) < 4.78 is 13.8. The van der Waals surface area contributed by atoms with Gasteiger partial charge >= 0.3 is 0 Å². The molecule has 3 rings (SSSR count). The number of aromatic amines is 1. The number of benzene rings is 1. The molecule has 0 spiro atoms. The Morgan fingerprint density at radius 2 is 2.04 bits per heavy atom. The van der Waals surface area contributed by atoms with E-state index in [4.69, 9.17) is 0 Å². The van der Waals surface area contributed by atoms with Crippen molar-refractivity contribution in [2.24, 2.45) is 0 Å². The van der Waals surface area contributed by atoms with Crippen molar-refractivity contribution >= 4 is 0 Å². The molecule has 0 atom stereocenters. The van der Waals surface area contributed by atoms with E-state index in [0.717, 1.165) is 17.8 Å². The predicted molar refractivity (Wildman–Crippen MR) is 87.8 cm³/mol. The Morgan fingerprint density at radius 1 is 1.30 bits per heavy atom. The molecule has 23 heavy (non-hydrogen) atoms. The van der Waals surface area contributed by atoms with Gasteiger partial charge in [-0.25, -0.2) is 9.37 Å². The SMILES string of the molecule is CC(C)(C)c1nc2c(c(=O)[nH]1)CCN(Cc1ccccc1F)C2. The lowest BCUT2D eigenvalue weighted by Gasteiger charge is -2.29. The van der Waals surface area contributed by atoms with Gasteiger partial charge in [-0.3, -0.25) is 9.69 Å². The zero-order valence-corrected chi connectivity index (χ0v) is 13.8. The standard InChI is InChI=1S/C18H22FN3O/c1-18(2,3)17-20-15-11-22(9-8-13(15)16(23)21-17)10-12-6-4-5-7-14(12)19/h4-7H,8-11H2,1-3H3,(H,20,21,23). The van der Waals surface area contributed by atoms with Crippen molar-refractivity contribution in [2.75, 3.05) is 6.54 Å². The third-order valence-corrected chi connectivity index (χ3v) is 4.21. The molecule has 0 saturated heterocycles. The molecule has 4 nitrogen and oxygen atoms in total. The number of hydrogen-bond acceptors (Lipinski definition) is 3. The summed E-state index contributed by atoms with van der Waals surface area (Å²) in [6.45, 7) is 7.93. The minimum absolute atomic E-state index is 0.0366. The van der Waals surface area contributed by atoms with Gasteiger partial charge in [-0.1, -0.05) is 39.0 Å². The molecule has 0 fully saturated rings. The second kappa shape index (κ2) is 5.89. The third kappa shape index (κ3) is 3.34. The highest BCUT2D eigenvalue weighted by Gasteiger charge is 2.25. The van der Waals surface area contributed by atoms with Gasteiger partial charge in [0.15, 0.2) is 0 Å². The maximum atomic E-state index is 13.8. The van der Waals surface area contributed by atoms with E-state index < -0.39 is 0 Å². The largest absolute Gasteiger partial charge is 0.310 e. The van der Waals surface area contributed by atoms with E-state index >= 15 is 0 Å². The summed E-state index contributed by atoms with van der Waals surface area (Å²) in [7, 11) is 0. The first-order valence-electron chi connectivity index (χ1n) is 7.93. The molecule has 0 unspecified atom stereocenters. The number of aromatic nitrogens is 2. The molecule has 0 amide bonds. The average Bonchev–Trinajstić information content (AvgIpc) is 2.48. The van der Waals surface area contributed by atoms with Gasteiger partial charge in [0.2, 0.25) is 0 Å². The lowest BCUT2D eigenvalue weighted by molar-refractivity contribution is 0.236. The van der Waals surface area contributed by atoms with Crippen molar-refractivity contribution in [2.45, 2.75) is 45.7 Å². The van der Waals surface area contributed by atoms with Crippen LogP contribution in [-0.2, 0) is 24.9 Å². The first-order chi connectivity index (χ1) is 10.8. The molecule has 0 aliphatic carbocycles. The zero-order valence-electron chi connectivity index (χ0n) is 13.8. The monoisotopic (exact) mass is 315 g/mol. The quantitative estimate of drug-likeness (QED) is 0.927. The molecule has 2 aromatic rings. The molecule has 122 valence electrons. The summed E-state index contributed by atoms with van der Waals surface area (Å²) in [6.07, 6.45) is 0.649.